The molecule has 1 aliphatic heterocycles. The fraction of sp³-hybridized carbons (Fsp3) is 0.360. The quantitative estimate of drug-likeness (QED) is 0.590. The van der Waals surface area contributed by atoms with E-state index in [1.165, 1.54) is 12.8 Å². The van der Waals surface area contributed by atoms with Gasteiger partial charge in [-0.25, -0.2) is 9.78 Å². The van der Waals surface area contributed by atoms with E-state index in [2.05, 4.69) is 10.3 Å². The molecule has 2 heterocycles. The van der Waals surface area contributed by atoms with Gasteiger partial charge in [-0.3, -0.25) is 4.90 Å². The number of methoxy groups -OCH3 is 1. The maximum atomic E-state index is 12.5. The molecule has 1 fully saturated rings. The predicted octanol–water partition coefficient (Wildman–Crippen LogP) is 5.03. The Morgan fingerprint density at radius 2 is 2.03 bits per heavy atom. The number of urea groups is 1. The molecule has 0 unspecified atom stereocenters. The average Bonchev–Trinajstić information content (AvgIpc) is 3.45. The topological polar surface area (TPSA) is 76.8 Å². The lowest BCUT2D eigenvalue weighted by atomic mass is 10.0. The molecule has 1 saturated carbocycles. The molecule has 2 aromatic carbocycles. The Bertz CT molecular complexity index is 1180. The van der Waals surface area contributed by atoms with Crippen LogP contribution in [0.15, 0.2) is 47.0 Å². The van der Waals surface area contributed by atoms with E-state index in [0.29, 0.717) is 12.4 Å². The van der Waals surface area contributed by atoms with E-state index in [4.69, 9.17) is 13.9 Å². The molecule has 166 valence electrons. The van der Waals surface area contributed by atoms with Crippen molar-refractivity contribution in [2.45, 2.75) is 45.3 Å². The van der Waals surface area contributed by atoms with Crippen molar-refractivity contribution in [3.05, 3.63) is 59.6 Å². The Balaban J connectivity index is 1.40. The molecule has 5 rings (SSSR count). The van der Waals surface area contributed by atoms with Crippen LogP contribution in [0.5, 0.6) is 11.5 Å². The van der Waals surface area contributed by atoms with Gasteiger partial charge in [-0.05, 0) is 67.5 Å². The summed E-state index contributed by atoms with van der Waals surface area (Å²) in [6.45, 7) is 2.68. The van der Waals surface area contributed by atoms with Gasteiger partial charge in [0.25, 0.3) is 0 Å². The van der Waals surface area contributed by atoms with E-state index in [1.807, 2.05) is 49.5 Å². The second kappa shape index (κ2) is 8.57. The van der Waals surface area contributed by atoms with Gasteiger partial charge in [0.2, 0.25) is 5.89 Å². The maximum absolute atomic E-state index is 12.5. The summed E-state index contributed by atoms with van der Waals surface area (Å²) in [6.07, 6.45) is 6.65. The van der Waals surface area contributed by atoms with Crippen molar-refractivity contribution >= 4 is 22.7 Å². The van der Waals surface area contributed by atoms with E-state index in [1.54, 1.807) is 12.0 Å². The zero-order valence-corrected chi connectivity index (χ0v) is 18.4. The highest BCUT2D eigenvalue weighted by Gasteiger charge is 2.23. The van der Waals surface area contributed by atoms with Crippen LogP contribution in [0.2, 0.25) is 0 Å². The van der Waals surface area contributed by atoms with Gasteiger partial charge in [0.1, 0.15) is 12.1 Å². The van der Waals surface area contributed by atoms with Crippen LogP contribution in [0, 0.1) is 6.92 Å². The number of nitrogens with one attached hydrogen (secondary N) is 1. The molecule has 1 aliphatic carbocycles. The van der Waals surface area contributed by atoms with Crippen LogP contribution < -0.4 is 14.8 Å². The third-order valence-electron chi connectivity index (χ3n) is 6.09. The molecule has 1 aromatic heterocycles. The Morgan fingerprint density at radius 1 is 1.19 bits per heavy atom. The lowest BCUT2D eigenvalue weighted by molar-refractivity contribution is 0.200. The zero-order chi connectivity index (χ0) is 22.1. The molecule has 0 spiro atoms. The van der Waals surface area contributed by atoms with Gasteiger partial charge in [-0.15, -0.1) is 0 Å². The number of carbonyl (C=O) groups excluding carboxylic acids is 1. The second-order valence-corrected chi connectivity index (χ2v) is 8.36. The summed E-state index contributed by atoms with van der Waals surface area (Å²) in [7, 11) is 1.65. The molecular weight excluding hydrogens is 406 g/mol. The number of nitrogens with zero attached hydrogens (tertiary/aromatic N) is 2. The van der Waals surface area contributed by atoms with Gasteiger partial charge in [-0.2, -0.15) is 0 Å². The van der Waals surface area contributed by atoms with Crippen LogP contribution in [0.1, 0.15) is 42.7 Å². The molecule has 0 bridgehead atoms. The number of hydrogen-bond acceptors (Lipinski definition) is 5. The second-order valence-electron chi connectivity index (χ2n) is 8.36. The standard InChI is InChI=1S/C25H27N3O4/c1-16-6-5-9-20-24(16)32-23(27-20)15-28-14-18(13-26-25(28)29)17-10-11-21(30-2)22(12-17)31-19-7-3-4-8-19/h5-6,9-12,14,19H,3-4,7-8,13,15H2,1-2H3,(H,26,29). The smallest absolute Gasteiger partial charge is 0.322 e. The fourth-order valence-electron chi connectivity index (χ4n) is 4.36. The van der Waals surface area contributed by atoms with Crippen molar-refractivity contribution < 1.29 is 18.7 Å². The molecule has 2 aliphatic rings. The summed E-state index contributed by atoms with van der Waals surface area (Å²) in [6, 6.07) is 11.6. The summed E-state index contributed by atoms with van der Waals surface area (Å²) < 4.78 is 17.7. The highest BCUT2D eigenvalue weighted by Crippen LogP contribution is 2.34. The highest BCUT2D eigenvalue weighted by atomic mass is 16.5. The van der Waals surface area contributed by atoms with E-state index in [-0.39, 0.29) is 18.7 Å². The van der Waals surface area contributed by atoms with Gasteiger partial charge in [-0.1, -0.05) is 18.2 Å². The molecule has 2 amide bonds. The number of rotatable bonds is 6. The van der Waals surface area contributed by atoms with Gasteiger partial charge >= 0.3 is 6.03 Å². The highest BCUT2D eigenvalue weighted by molar-refractivity contribution is 5.84. The van der Waals surface area contributed by atoms with Crippen LogP contribution in [0.3, 0.4) is 0 Å². The number of fused-ring (bicyclic) bond motifs is 1. The molecule has 7 heteroatoms. The van der Waals surface area contributed by atoms with Gasteiger partial charge in [0.05, 0.1) is 13.2 Å². The molecule has 0 saturated heterocycles. The van der Waals surface area contributed by atoms with E-state index in [0.717, 1.165) is 52.1 Å². The van der Waals surface area contributed by atoms with Crippen molar-refractivity contribution in [3.63, 3.8) is 0 Å². The third-order valence-corrected chi connectivity index (χ3v) is 6.09. The Labute approximate surface area is 187 Å². The van der Waals surface area contributed by atoms with Crippen LogP contribution in [0.25, 0.3) is 16.7 Å². The number of ether oxygens (including phenoxy) is 2. The first-order chi connectivity index (χ1) is 15.6. The van der Waals surface area contributed by atoms with Crippen LogP contribution >= 0.6 is 0 Å². The van der Waals surface area contributed by atoms with Crippen LogP contribution in [0.4, 0.5) is 4.79 Å². The van der Waals surface area contributed by atoms with E-state index < -0.39 is 0 Å². The molecule has 7 nitrogen and oxygen atoms in total. The van der Waals surface area contributed by atoms with Crippen molar-refractivity contribution in [2.24, 2.45) is 0 Å². The monoisotopic (exact) mass is 433 g/mol. The lowest BCUT2D eigenvalue weighted by Gasteiger charge is -2.25. The molecule has 0 radical (unpaired) electrons. The first kappa shape index (κ1) is 20.4. The molecular formula is C25H27N3O4. The number of aromatic nitrogens is 1. The maximum Gasteiger partial charge on any atom is 0.322 e. The van der Waals surface area contributed by atoms with E-state index in [9.17, 15) is 4.79 Å². The Hall–Kier alpha value is -3.48. The SMILES string of the molecule is COc1ccc(C2=CN(Cc3nc4cccc(C)c4o3)C(=O)NC2)cc1OC1CCCC1. The van der Waals surface area contributed by atoms with Gasteiger partial charge in [0, 0.05) is 12.7 Å². The van der Waals surface area contributed by atoms with Crippen molar-refractivity contribution in [1.82, 2.24) is 15.2 Å². The molecule has 3 aromatic rings. The zero-order valence-electron chi connectivity index (χ0n) is 18.4. The minimum atomic E-state index is -0.177. The first-order valence-corrected chi connectivity index (χ1v) is 11.1. The first-order valence-electron chi connectivity index (χ1n) is 11.1. The predicted molar refractivity (Wildman–Crippen MR) is 122 cm³/mol. The summed E-state index contributed by atoms with van der Waals surface area (Å²) in [4.78, 5) is 18.6. The van der Waals surface area contributed by atoms with Crippen molar-refractivity contribution in [2.75, 3.05) is 13.7 Å². The number of hydrogen-bond donors (Lipinski definition) is 1. The normalized spacial score (nSPS) is 16.9. The summed E-state index contributed by atoms with van der Waals surface area (Å²) >= 11 is 0. The van der Waals surface area contributed by atoms with Crippen molar-refractivity contribution in [1.29, 1.82) is 0 Å². The number of carbonyl (C=O) groups is 1. The number of amides is 2. The number of aryl methyl sites for hydroxylation is 1. The average molecular weight is 434 g/mol. The Morgan fingerprint density at radius 3 is 2.81 bits per heavy atom. The summed E-state index contributed by atoms with van der Waals surface area (Å²) in [5.41, 5.74) is 4.54. The Kier molecular flexibility index (Phi) is 5.47. The van der Waals surface area contributed by atoms with Gasteiger partial charge < -0.3 is 19.2 Å². The van der Waals surface area contributed by atoms with E-state index >= 15 is 0 Å². The molecule has 0 atom stereocenters. The number of benzene rings is 2. The van der Waals surface area contributed by atoms with Crippen LogP contribution in [-0.2, 0) is 6.54 Å². The summed E-state index contributed by atoms with van der Waals surface area (Å²) in [5, 5.41) is 2.94. The van der Waals surface area contributed by atoms with Crippen LogP contribution in [-0.4, -0.2) is 35.7 Å². The van der Waals surface area contributed by atoms with Gasteiger partial charge in [0.15, 0.2) is 17.1 Å². The third kappa shape index (κ3) is 4.02. The lowest BCUT2D eigenvalue weighted by Crippen LogP contribution is -2.41. The molecule has 32 heavy (non-hydrogen) atoms. The minimum Gasteiger partial charge on any atom is -0.493 e. The minimum absolute atomic E-state index is 0.177. The number of para-hydroxylation sites is 1. The molecule has 1 N–H and O–H groups in total. The van der Waals surface area contributed by atoms with Crippen molar-refractivity contribution in [3.8, 4) is 11.5 Å². The summed E-state index contributed by atoms with van der Waals surface area (Å²) in [5.74, 6) is 1.97. The number of oxazole rings is 1. The fourth-order valence-corrected chi connectivity index (χ4v) is 4.36. The largest absolute Gasteiger partial charge is 0.493 e.